The van der Waals surface area contributed by atoms with Gasteiger partial charge in [-0.3, -0.25) is 4.79 Å². The predicted octanol–water partition coefficient (Wildman–Crippen LogP) is -2.62. The first-order valence-electron chi connectivity index (χ1n) is 4.59. The van der Waals surface area contributed by atoms with Crippen LogP contribution in [0, 0.1) is 5.92 Å². The van der Waals surface area contributed by atoms with E-state index in [9.17, 15) is 4.79 Å². The fourth-order valence-corrected chi connectivity index (χ4v) is 1.15. The van der Waals surface area contributed by atoms with Gasteiger partial charge in [0.2, 0.25) is 5.88 Å². The fraction of sp³-hybridized carbons (Fsp3) is 0.300. The predicted molar refractivity (Wildman–Crippen MR) is 53.1 cm³/mol. The zero-order valence-electron chi connectivity index (χ0n) is 9.69. The molecule has 5 heteroatoms. The Bertz CT molecular complexity index is 325. The number of ether oxygens (including phenoxy) is 1. The quantitative estimate of drug-likeness (QED) is 0.404. The number of carbonyl (C=O) groups excluding carboxylic acids is 1. The Morgan fingerprint density at radius 2 is 2.20 bits per heavy atom. The summed E-state index contributed by atoms with van der Waals surface area (Å²) in [6.07, 6.45) is 8.96. The molecule has 2 rings (SSSR count). The van der Waals surface area contributed by atoms with Crippen LogP contribution in [-0.2, 0) is 9.53 Å². The minimum Gasteiger partial charge on any atom is -1.00 e. The molecule has 0 unspecified atom stereocenters. The minimum absolute atomic E-state index is 0. The molecule has 2 heterocycles. The first-order valence-corrected chi connectivity index (χ1v) is 4.59. The van der Waals surface area contributed by atoms with Crippen LogP contribution in [0.1, 0.15) is 1.43 Å². The van der Waals surface area contributed by atoms with E-state index in [1.54, 1.807) is 12.3 Å². The van der Waals surface area contributed by atoms with Crippen molar-refractivity contribution in [2.24, 2.45) is 5.92 Å². The maximum absolute atomic E-state index is 11.4. The van der Waals surface area contributed by atoms with E-state index in [-0.39, 0.29) is 64.7 Å². The second-order valence-electron chi connectivity index (χ2n) is 3.20. The third kappa shape index (κ3) is 3.86. The number of hydrogen-bond donors (Lipinski definition) is 2. The molecule has 15 heavy (non-hydrogen) atoms. The Kier molecular flexibility index (Phi) is 5.81. The van der Waals surface area contributed by atoms with Gasteiger partial charge < -0.3 is 16.8 Å². The van der Waals surface area contributed by atoms with Gasteiger partial charge in [-0.2, -0.15) is 0 Å². The van der Waals surface area contributed by atoms with Crippen molar-refractivity contribution in [2.75, 3.05) is 13.1 Å². The van der Waals surface area contributed by atoms with Gasteiger partial charge in [-0.25, -0.2) is 0 Å². The zero-order chi connectivity index (χ0) is 9.80. The van der Waals surface area contributed by atoms with Crippen molar-refractivity contribution < 1.29 is 62.3 Å². The summed E-state index contributed by atoms with van der Waals surface area (Å²) < 4.78 is 5.14. The fourth-order valence-electron chi connectivity index (χ4n) is 1.15. The summed E-state index contributed by atoms with van der Waals surface area (Å²) in [5.74, 6) is 0.312. The Morgan fingerprint density at radius 1 is 1.40 bits per heavy atom. The van der Waals surface area contributed by atoms with Gasteiger partial charge in [-0.1, -0.05) is 12.2 Å². The largest absolute Gasteiger partial charge is 1.00 e. The molecule has 0 atom stereocenters. The molecule has 4 nitrogen and oxygen atoms in total. The van der Waals surface area contributed by atoms with Crippen molar-refractivity contribution in [3.63, 3.8) is 0 Å². The van der Waals surface area contributed by atoms with Crippen LogP contribution in [0.4, 0.5) is 0 Å². The average molecular weight is 232 g/mol. The zero-order valence-corrected chi connectivity index (χ0v) is 11.8. The first kappa shape index (κ1) is 13.2. The molecule has 0 aromatic rings. The smallest absolute Gasteiger partial charge is 1.00 e. The van der Waals surface area contributed by atoms with E-state index in [1.807, 2.05) is 18.2 Å². The Morgan fingerprint density at radius 3 is 2.87 bits per heavy atom. The maximum atomic E-state index is 11.4. The molecular weight excluding hydrogens is 219 g/mol. The molecule has 2 aliphatic heterocycles. The molecular formula is C10H13KN2O2. The van der Waals surface area contributed by atoms with Crippen LogP contribution in [0.5, 0.6) is 0 Å². The van der Waals surface area contributed by atoms with Gasteiger partial charge in [0.1, 0.15) is 0 Å². The van der Waals surface area contributed by atoms with Crippen LogP contribution in [0.3, 0.4) is 0 Å². The van der Waals surface area contributed by atoms with E-state index in [0.717, 1.165) is 13.1 Å². The van der Waals surface area contributed by atoms with Crippen LogP contribution in [0.25, 0.3) is 0 Å². The molecule has 0 aromatic carbocycles. The van der Waals surface area contributed by atoms with Gasteiger partial charge in [0.25, 0.3) is 0 Å². The molecule has 0 spiro atoms. The SMILES string of the molecule is O=C(OC1=CC=CC=CN1)C1CNC1.[H-].[K+]. The van der Waals surface area contributed by atoms with Gasteiger partial charge in [0, 0.05) is 19.3 Å². The molecule has 1 saturated heterocycles. The second-order valence-corrected chi connectivity index (χ2v) is 3.20. The normalized spacial score (nSPS) is 19.1. The number of nitrogens with one attached hydrogen (secondary N) is 2. The molecule has 0 aromatic heterocycles. The number of rotatable bonds is 2. The van der Waals surface area contributed by atoms with Crippen molar-refractivity contribution in [2.45, 2.75) is 0 Å². The molecule has 0 radical (unpaired) electrons. The van der Waals surface area contributed by atoms with E-state index in [0.29, 0.717) is 5.88 Å². The van der Waals surface area contributed by atoms with E-state index >= 15 is 0 Å². The molecule has 0 amide bonds. The summed E-state index contributed by atoms with van der Waals surface area (Å²) in [7, 11) is 0. The molecule has 76 valence electrons. The molecule has 0 aliphatic carbocycles. The maximum Gasteiger partial charge on any atom is 1.00 e. The summed E-state index contributed by atoms with van der Waals surface area (Å²) in [6, 6.07) is 0. The van der Waals surface area contributed by atoms with Crippen LogP contribution < -0.4 is 62.0 Å². The molecule has 0 saturated carbocycles. The summed E-state index contributed by atoms with van der Waals surface area (Å²) in [5.41, 5.74) is 0. The van der Waals surface area contributed by atoms with E-state index in [1.165, 1.54) is 0 Å². The monoisotopic (exact) mass is 232 g/mol. The standard InChI is InChI=1S/C10H12N2O2.K.H/c13-10(8-6-11-7-8)14-9-4-2-1-3-5-12-9;;/h1-5,8,11-12H,6-7H2;;/q;+1;-1. The van der Waals surface area contributed by atoms with Gasteiger partial charge in [0.15, 0.2) is 0 Å². The summed E-state index contributed by atoms with van der Waals surface area (Å²) >= 11 is 0. The topological polar surface area (TPSA) is 50.4 Å². The first-order chi connectivity index (χ1) is 6.86. The van der Waals surface area contributed by atoms with Crippen LogP contribution in [0.2, 0.25) is 0 Å². The van der Waals surface area contributed by atoms with Crippen molar-refractivity contribution in [3.05, 3.63) is 36.4 Å². The van der Waals surface area contributed by atoms with Crippen LogP contribution >= 0.6 is 0 Å². The Hall–Kier alpha value is 0.0864. The summed E-state index contributed by atoms with van der Waals surface area (Å²) in [4.78, 5) is 11.4. The van der Waals surface area contributed by atoms with Crippen molar-refractivity contribution in [1.29, 1.82) is 0 Å². The Balaban J connectivity index is 0.00000112. The van der Waals surface area contributed by atoms with E-state index < -0.39 is 0 Å². The van der Waals surface area contributed by atoms with Gasteiger partial charge >= 0.3 is 57.4 Å². The second kappa shape index (κ2) is 6.62. The van der Waals surface area contributed by atoms with Crippen molar-refractivity contribution >= 4 is 5.97 Å². The number of carbonyl (C=O) groups is 1. The van der Waals surface area contributed by atoms with E-state index in [2.05, 4.69) is 10.6 Å². The third-order valence-corrected chi connectivity index (χ3v) is 2.12. The van der Waals surface area contributed by atoms with E-state index in [4.69, 9.17) is 4.74 Å². The number of esters is 1. The minimum atomic E-state index is -0.175. The molecule has 2 N–H and O–H groups in total. The van der Waals surface area contributed by atoms with Crippen molar-refractivity contribution in [3.8, 4) is 0 Å². The molecule has 2 aliphatic rings. The Labute approximate surface area is 133 Å². The van der Waals surface area contributed by atoms with Crippen molar-refractivity contribution in [1.82, 2.24) is 10.6 Å². The van der Waals surface area contributed by atoms with Gasteiger partial charge in [0.05, 0.1) is 5.92 Å². The molecule has 1 fully saturated rings. The molecule has 0 bridgehead atoms. The number of allylic oxidation sites excluding steroid dienone is 4. The summed E-state index contributed by atoms with van der Waals surface area (Å²) in [6.45, 7) is 1.44. The van der Waals surface area contributed by atoms with Gasteiger partial charge in [-0.15, -0.1) is 0 Å². The third-order valence-electron chi connectivity index (χ3n) is 2.12. The van der Waals surface area contributed by atoms with Crippen LogP contribution in [0.15, 0.2) is 36.4 Å². The van der Waals surface area contributed by atoms with Gasteiger partial charge in [-0.05, 0) is 12.2 Å². The number of hydrogen-bond acceptors (Lipinski definition) is 4. The summed E-state index contributed by atoms with van der Waals surface area (Å²) in [5, 5.41) is 5.89. The van der Waals surface area contributed by atoms with Crippen LogP contribution in [-0.4, -0.2) is 19.1 Å². The average Bonchev–Trinajstić information content (AvgIpc) is 2.29.